The van der Waals surface area contributed by atoms with Gasteiger partial charge in [-0.25, -0.2) is 4.39 Å². The monoisotopic (exact) mass is 225 g/mol. The van der Waals surface area contributed by atoms with Crippen LogP contribution in [0.15, 0.2) is 18.2 Å². The van der Waals surface area contributed by atoms with E-state index in [1.807, 2.05) is 0 Å². The zero-order valence-electron chi connectivity index (χ0n) is 9.50. The molecule has 0 saturated carbocycles. The van der Waals surface area contributed by atoms with Crippen molar-refractivity contribution >= 4 is 5.78 Å². The highest BCUT2D eigenvalue weighted by Crippen LogP contribution is 2.20. The van der Waals surface area contributed by atoms with Crippen LogP contribution in [0.25, 0.3) is 0 Å². The Labute approximate surface area is 94.4 Å². The van der Waals surface area contributed by atoms with E-state index in [0.29, 0.717) is 5.56 Å². The van der Waals surface area contributed by atoms with Crippen LogP contribution >= 0.6 is 0 Å². The van der Waals surface area contributed by atoms with Gasteiger partial charge in [-0.1, -0.05) is 12.1 Å². The van der Waals surface area contributed by atoms with Gasteiger partial charge < -0.3 is 10.5 Å². The molecule has 1 aromatic rings. The Morgan fingerprint density at radius 2 is 2.25 bits per heavy atom. The number of Topliss-reactive ketones (excluding diaryl/α,β-unsaturated/α-hetero) is 1. The Morgan fingerprint density at radius 1 is 1.56 bits per heavy atom. The number of nitrogens with two attached hydrogens (primary N) is 1. The summed E-state index contributed by atoms with van der Waals surface area (Å²) in [6.07, 6.45) is 0.321. The number of halogens is 1. The van der Waals surface area contributed by atoms with Gasteiger partial charge in [-0.3, -0.25) is 4.79 Å². The molecule has 0 aliphatic carbocycles. The first-order valence-electron chi connectivity index (χ1n) is 5.13. The van der Waals surface area contributed by atoms with Gasteiger partial charge in [-0.05, 0) is 18.6 Å². The quantitative estimate of drug-likeness (QED) is 0.829. The van der Waals surface area contributed by atoms with Crippen LogP contribution in [0.1, 0.15) is 18.9 Å². The summed E-state index contributed by atoms with van der Waals surface area (Å²) in [4.78, 5) is 11.5. The molecule has 0 fully saturated rings. The van der Waals surface area contributed by atoms with Crippen LogP contribution < -0.4 is 10.5 Å². The van der Waals surface area contributed by atoms with E-state index in [-0.39, 0.29) is 30.4 Å². The number of rotatable bonds is 5. The minimum Gasteiger partial charge on any atom is -0.494 e. The predicted molar refractivity (Wildman–Crippen MR) is 59.9 cm³/mol. The zero-order valence-corrected chi connectivity index (χ0v) is 9.50. The van der Waals surface area contributed by atoms with Crippen LogP contribution in [-0.4, -0.2) is 18.9 Å². The first kappa shape index (κ1) is 12.6. The third-order valence-corrected chi connectivity index (χ3v) is 2.20. The molecule has 0 aliphatic heterocycles. The van der Waals surface area contributed by atoms with E-state index >= 15 is 0 Å². The second-order valence-electron chi connectivity index (χ2n) is 3.83. The molecule has 0 bridgehead atoms. The molecule has 2 N–H and O–H groups in total. The van der Waals surface area contributed by atoms with Gasteiger partial charge in [0.25, 0.3) is 0 Å². The van der Waals surface area contributed by atoms with Crippen molar-refractivity contribution in [1.29, 1.82) is 0 Å². The molecule has 0 radical (unpaired) electrons. The number of carbonyl (C=O) groups is 1. The topological polar surface area (TPSA) is 52.3 Å². The molecule has 0 spiro atoms. The van der Waals surface area contributed by atoms with E-state index in [1.165, 1.54) is 13.2 Å². The number of hydrogen-bond acceptors (Lipinski definition) is 3. The summed E-state index contributed by atoms with van der Waals surface area (Å²) in [6, 6.07) is 4.57. The zero-order chi connectivity index (χ0) is 12.1. The Hall–Kier alpha value is -1.42. The van der Waals surface area contributed by atoms with Gasteiger partial charge in [0.15, 0.2) is 11.6 Å². The molecular formula is C12H16FNO2. The number of carbonyl (C=O) groups excluding carboxylic acids is 1. The Kier molecular flexibility index (Phi) is 4.43. The van der Waals surface area contributed by atoms with Gasteiger partial charge in [-0.15, -0.1) is 0 Å². The molecule has 0 heterocycles. The average molecular weight is 225 g/mol. The highest BCUT2D eigenvalue weighted by Gasteiger charge is 2.12. The van der Waals surface area contributed by atoms with Crippen molar-refractivity contribution in [1.82, 2.24) is 0 Å². The lowest BCUT2D eigenvalue weighted by molar-refractivity contribution is -0.118. The average Bonchev–Trinajstić information content (AvgIpc) is 2.20. The van der Waals surface area contributed by atoms with Gasteiger partial charge in [0.05, 0.1) is 7.11 Å². The summed E-state index contributed by atoms with van der Waals surface area (Å²) >= 11 is 0. The van der Waals surface area contributed by atoms with Crippen molar-refractivity contribution in [2.75, 3.05) is 7.11 Å². The van der Waals surface area contributed by atoms with Gasteiger partial charge in [-0.2, -0.15) is 0 Å². The van der Waals surface area contributed by atoms with Gasteiger partial charge >= 0.3 is 0 Å². The largest absolute Gasteiger partial charge is 0.494 e. The molecule has 0 aliphatic rings. The molecule has 0 saturated heterocycles. The molecule has 0 aromatic heterocycles. The van der Waals surface area contributed by atoms with Crippen LogP contribution in [0, 0.1) is 5.82 Å². The summed E-state index contributed by atoms with van der Waals surface area (Å²) < 4.78 is 18.5. The van der Waals surface area contributed by atoms with Crippen molar-refractivity contribution in [3.63, 3.8) is 0 Å². The lowest BCUT2D eigenvalue weighted by Gasteiger charge is -2.07. The van der Waals surface area contributed by atoms with Crippen LogP contribution in [-0.2, 0) is 11.2 Å². The van der Waals surface area contributed by atoms with Crippen LogP contribution in [0.4, 0.5) is 4.39 Å². The van der Waals surface area contributed by atoms with Crippen molar-refractivity contribution in [2.24, 2.45) is 5.73 Å². The van der Waals surface area contributed by atoms with Crippen molar-refractivity contribution in [3.8, 4) is 5.75 Å². The van der Waals surface area contributed by atoms with E-state index in [9.17, 15) is 9.18 Å². The van der Waals surface area contributed by atoms with Crippen LogP contribution in [0.3, 0.4) is 0 Å². The summed E-state index contributed by atoms with van der Waals surface area (Å²) in [5, 5.41) is 0. The molecule has 0 amide bonds. The first-order valence-corrected chi connectivity index (χ1v) is 5.13. The van der Waals surface area contributed by atoms with E-state index in [2.05, 4.69) is 0 Å². The summed E-state index contributed by atoms with van der Waals surface area (Å²) in [5.74, 6) is -0.378. The van der Waals surface area contributed by atoms with E-state index in [1.54, 1.807) is 19.1 Å². The van der Waals surface area contributed by atoms with Crippen molar-refractivity contribution in [2.45, 2.75) is 25.8 Å². The van der Waals surface area contributed by atoms with Crippen LogP contribution in [0.2, 0.25) is 0 Å². The molecule has 1 aromatic carbocycles. The predicted octanol–water partition coefficient (Wildman–Crippen LogP) is 1.68. The minimum absolute atomic E-state index is 0.0601. The number of ether oxygens (including phenoxy) is 1. The standard InChI is InChI=1S/C12H16FNO2/c1-8(14)6-10(15)7-9-4-3-5-11(16-2)12(9)13/h3-5,8H,6-7,14H2,1-2H3. The number of hydrogen-bond donors (Lipinski definition) is 1. The lowest BCUT2D eigenvalue weighted by Crippen LogP contribution is -2.20. The Balaban J connectivity index is 2.77. The van der Waals surface area contributed by atoms with Gasteiger partial charge in [0, 0.05) is 18.9 Å². The van der Waals surface area contributed by atoms with E-state index < -0.39 is 5.82 Å². The normalized spacial score (nSPS) is 12.2. The number of methoxy groups -OCH3 is 1. The minimum atomic E-state index is -0.469. The summed E-state index contributed by atoms with van der Waals surface area (Å²) in [7, 11) is 1.39. The highest BCUT2D eigenvalue weighted by atomic mass is 19.1. The molecular weight excluding hydrogens is 209 g/mol. The lowest BCUT2D eigenvalue weighted by atomic mass is 10.0. The van der Waals surface area contributed by atoms with Crippen LogP contribution in [0.5, 0.6) is 5.75 Å². The maximum absolute atomic E-state index is 13.7. The third kappa shape index (κ3) is 3.31. The second-order valence-corrected chi connectivity index (χ2v) is 3.83. The number of ketones is 1. The summed E-state index contributed by atoms with van der Waals surface area (Å²) in [5.41, 5.74) is 5.85. The van der Waals surface area contributed by atoms with E-state index in [4.69, 9.17) is 10.5 Å². The molecule has 1 unspecified atom stereocenters. The van der Waals surface area contributed by atoms with Crippen molar-refractivity contribution < 1.29 is 13.9 Å². The molecule has 1 atom stereocenters. The van der Waals surface area contributed by atoms with E-state index in [0.717, 1.165) is 0 Å². The molecule has 3 nitrogen and oxygen atoms in total. The summed E-state index contributed by atoms with van der Waals surface area (Å²) in [6.45, 7) is 1.75. The van der Waals surface area contributed by atoms with Gasteiger partial charge in [0.1, 0.15) is 5.78 Å². The fourth-order valence-corrected chi connectivity index (χ4v) is 1.49. The molecule has 88 valence electrons. The smallest absolute Gasteiger partial charge is 0.168 e. The van der Waals surface area contributed by atoms with Gasteiger partial charge in [0.2, 0.25) is 0 Å². The Bertz CT molecular complexity index is 377. The fourth-order valence-electron chi connectivity index (χ4n) is 1.49. The SMILES string of the molecule is COc1cccc(CC(=O)CC(C)N)c1F. The maximum atomic E-state index is 13.7. The molecule has 1 rings (SSSR count). The molecule has 16 heavy (non-hydrogen) atoms. The number of benzene rings is 1. The Morgan fingerprint density at radius 3 is 2.81 bits per heavy atom. The highest BCUT2D eigenvalue weighted by molar-refractivity contribution is 5.81. The molecule has 4 heteroatoms. The maximum Gasteiger partial charge on any atom is 0.168 e. The fraction of sp³-hybridized carbons (Fsp3) is 0.417. The van der Waals surface area contributed by atoms with Crippen molar-refractivity contribution in [3.05, 3.63) is 29.6 Å². The first-order chi connectivity index (χ1) is 7.54. The second kappa shape index (κ2) is 5.61. The third-order valence-electron chi connectivity index (χ3n) is 2.20.